The van der Waals surface area contributed by atoms with Crippen LogP contribution < -0.4 is 4.90 Å². The molecule has 0 spiro atoms. The Morgan fingerprint density at radius 1 is 1.00 bits per heavy atom. The molecule has 0 atom stereocenters. The molecule has 1 aliphatic rings. The Bertz CT molecular complexity index is 1150. The van der Waals surface area contributed by atoms with Crippen LogP contribution in [0.1, 0.15) is 27.0 Å². The van der Waals surface area contributed by atoms with Crippen LogP contribution in [0.2, 0.25) is 5.02 Å². The van der Waals surface area contributed by atoms with Crippen LogP contribution in [-0.4, -0.2) is 23.3 Å². The quantitative estimate of drug-likeness (QED) is 0.636. The van der Waals surface area contributed by atoms with Gasteiger partial charge in [0.05, 0.1) is 18.2 Å². The number of anilines is 1. The minimum absolute atomic E-state index is 0.0337. The molecule has 0 radical (unpaired) electrons. The molecule has 3 aromatic rings. The van der Waals surface area contributed by atoms with Crippen LogP contribution in [0.25, 0.3) is 0 Å². The molecule has 0 aliphatic carbocycles. The fourth-order valence-electron chi connectivity index (χ4n) is 3.57. The first-order valence-electron chi connectivity index (χ1n) is 9.47. The number of carbonyl (C=O) groups is 2. The molecule has 2 amide bonds. The number of hydrogen-bond donors (Lipinski definition) is 0. The van der Waals surface area contributed by atoms with Crippen LogP contribution >= 0.6 is 11.6 Å². The van der Waals surface area contributed by atoms with E-state index in [9.17, 15) is 9.59 Å². The van der Waals surface area contributed by atoms with Crippen LogP contribution in [-0.2, 0) is 17.9 Å². The Kier molecular flexibility index (Phi) is 5.51. The molecule has 30 heavy (non-hydrogen) atoms. The van der Waals surface area contributed by atoms with Gasteiger partial charge in [0, 0.05) is 22.8 Å². The van der Waals surface area contributed by atoms with Gasteiger partial charge in [-0.05, 0) is 53.6 Å². The molecule has 5 nitrogen and oxygen atoms in total. The molecule has 0 N–H and O–H groups in total. The molecule has 0 bridgehead atoms. The second kappa shape index (κ2) is 8.40. The number of nitrogens with zero attached hydrogens (tertiary/aromatic N) is 3. The van der Waals surface area contributed by atoms with Crippen molar-refractivity contribution in [3.05, 3.63) is 100 Å². The Morgan fingerprint density at radius 3 is 2.53 bits per heavy atom. The Hall–Kier alpha value is -3.62. The number of amides is 2. The van der Waals surface area contributed by atoms with E-state index in [4.69, 9.17) is 16.9 Å². The molecule has 148 valence electrons. The van der Waals surface area contributed by atoms with Crippen LogP contribution in [0.5, 0.6) is 0 Å². The summed E-state index contributed by atoms with van der Waals surface area (Å²) in [6.07, 6.45) is 0. The third-order valence-corrected chi connectivity index (χ3v) is 5.30. The molecule has 3 aromatic carbocycles. The van der Waals surface area contributed by atoms with Gasteiger partial charge in [0.15, 0.2) is 0 Å². The van der Waals surface area contributed by atoms with E-state index in [2.05, 4.69) is 6.07 Å². The second-order valence-corrected chi connectivity index (χ2v) is 7.53. The lowest BCUT2D eigenvalue weighted by Gasteiger charge is -2.23. The number of halogens is 1. The lowest BCUT2D eigenvalue weighted by molar-refractivity contribution is -0.119. The summed E-state index contributed by atoms with van der Waals surface area (Å²) < 4.78 is 0. The highest BCUT2D eigenvalue weighted by molar-refractivity contribution is 6.30. The highest BCUT2D eigenvalue weighted by atomic mass is 35.5. The summed E-state index contributed by atoms with van der Waals surface area (Å²) in [6, 6.07) is 23.6. The van der Waals surface area contributed by atoms with Crippen molar-refractivity contribution in [2.45, 2.75) is 13.1 Å². The smallest absolute Gasteiger partial charge is 0.254 e. The SMILES string of the molecule is N#Cc1cccc(CN2C(=O)CN(C(=O)c3ccc(Cl)cc3)Cc3ccccc32)c1. The molecule has 0 fully saturated rings. The summed E-state index contributed by atoms with van der Waals surface area (Å²) in [7, 11) is 0. The largest absolute Gasteiger partial charge is 0.325 e. The van der Waals surface area contributed by atoms with Crippen LogP contribution in [0, 0.1) is 11.3 Å². The van der Waals surface area contributed by atoms with Gasteiger partial charge in [-0.3, -0.25) is 9.59 Å². The van der Waals surface area contributed by atoms with Gasteiger partial charge in [-0.1, -0.05) is 41.9 Å². The molecule has 0 aromatic heterocycles. The zero-order chi connectivity index (χ0) is 21.1. The van der Waals surface area contributed by atoms with Crippen molar-refractivity contribution in [3.8, 4) is 6.07 Å². The van der Waals surface area contributed by atoms with Gasteiger partial charge in [0.2, 0.25) is 5.91 Å². The predicted octanol–water partition coefficient (Wildman–Crippen LogP) is 4.40. The topological polar surface area (TPSA) is 64.4 Å². The third-order valence-electron chi connectivity index (χ3n) is 5.05. The minimum atomic E-state index is -0.219. The van der Waals surface area contributed by atoms with Gasteiger partial charge in [-0.15, -0.1) is 0 Å². The number of fused-ring (bicyclic) bond motifs is 1. The Balaban J connectivity index is 1.66. The lowest BCUT2D eigenvalue weighted by Crippen LogP contribution is -2.39. The van der Waals surface area contributed by atoms with Gasteiger partial charge in [-0.2, -0.15) is 5.26 Å². The van der Waals surface area contributed by atoms with Crippen molar-refractivity contribution in [2.24, 2.45) is 0 Å². The van der Waals surface area contributed by atoms with E-state index in [1.165, 1.54) is 0 Å². The third kappa shape index (κ3) is 4.05. The first-order chi connectivity index (χ1) is 14.5. The first kappa shape index (κ1) is 19.7. The van der Waals surface area contributed by atoms with E-state index < -0.39 is 0 Å². The van der Waals surface area contributed by atoms with Gasteiger partial charge in [-0.25, -0.2) is 0 Å². The molecule has 1 aliphatic heterocycles. The summed E-state index contributed by atoms with van der Waals surface area (Å²) >= 11 is 5.93. The van der Waals surface area contributed by atoms with E-state index in [1.807, 2.05) is 30.3 Å². The van der Waals surface area contributed by atoms with Crippen molar-refractivity contribution in [1.29, 1.82) is 5.26 Å². The average Bonchev–Trinajstić information content (AvgIpc) is 2.90. The summed E-state index contributed by atoms with van der Waals surface area (Å²) in [5.74, 6) is -0.396. The number of benzene rings is 3. The Morgan fingerprint density at radius 2 is 1.77 bits per heavy atom. The maximum absolute atomic E-state index is 13.2. The standard InChI is InChI=1S/C24H18ClN3O2/c25-21-10-8-19(9-11-21)24(30)27-15-20-6-1-2-7-22(20)28(23(29)16-27)14-18-5-3-4-17(12-18)13-26/h1-12H,14-16H2. The maximum atomic E-state index is 13.2. The fraction of sp³-hybridized carbons (Fsp3) is 0.125. The highest BCUT2D eigenvalue weighted by Crippen LogP contribution is 2.28. The monoisotopic (exact) mass is 415 g/mol. The van der Waals surface area contributed by atoms with Gasteiger partial charge < -0.3 is 9.80 Å². The average molecular weight is 416 g/mol. The number of hydrogen-bond acceptors (Lipinski definition) is 3. The van der Waals surface area contributed by atoms with Gasteiger partial charge in [0.1, 0.15) is 6.54 Å². The normalized spacial score (nSPS) is 13.4. The summed E-state index contributed by atoms with van der Waals surface area (Å²) in [5.41, 5.74) is 3.55. The van der Waals surface area contributed by atoms with E-state index in [1.54, 1.807) is 52.3 Å². The van der Waals surface area contributed by atoms with E-state index in [0.29, 0.717) is 29.2 Å². The lowest BCUT2D eigenvalue weighted by atomic mass is 10.1. The molecule has 0 saturated heterocycles. The van der Waals surface area contributed by atoms with Crippen LogP contribution in [0.4, 0.5) is 5.69 Å². The maximum Gasteiger partial charge on any atom is 0.254 e. The number of rotatable bonds is 3. The second-order valence-electron chi connectivity index (χ2n) is 7.09. The van der Waals surface area contributed by atoms with Crippen molar-refractivity contribution in [1.82, 2.24) is 4.90 Å². The minimum Gasteiger partial charge on any atom is -0.325 e. The van der Waals surface area contributed by atoms with Crippen molar-refractivity contribution in [3.63, 3.8) is 0 Å². The Labute approximate surface area is 179 Å². The molecule has 0 unspecified atom stereocenters. The van der Waals surface area contributed by atoms with Gasteiger partial charge in [0.25, 0.3) is 5.91 Å². The molecule has 0 saturated carbocycles. The summed E-state index contributed by atoms with van der Waals surface area (Å²) in [4.78, 5) is 29.5. The summed E-state index contributed by atoms with van der Waals surface area (Å²) in [6.45, 7) is 0.626. The van der Waals surface area contributed by atoms with Crippen molar-refractivity contribution >= 4 is 29.1 Å². The first-order valence-corrected chi connectivity index (χ1v) is 9.85. The summed E-state index contributed by atoms with van der Waals surface area (Å²) in [5, 5.41) is 9.71. The van der Waals surface area contributed by atoms with Crippen molar-refractivity contribution < 1.29 is 9.59 Å². The zero-order valence-electron chi connectivity index (χ0n) is 16.1. The molecule has 1 heterocycles. The molecular weight excluding hydrogens is 398 g/mol. The predicted molar refractivity (Wildman–Crippen MR) is 115 cm³/mol. The van der Waals surface area contributed by atoms with Crippen molar-refractivity contribution in [2.75, 3.05) is 11.4 Å². The fourth-order valence-corrected chi connectivity index (χ4v) is 3.69. The molecular formula is C24H18ClN3O2. The van der Waals surface area contributed by atoms with E-state index >= 15 is 0 Å². The zero-order valence-corrected chi connectivity index (χ0v) is 16.8. The number of nitriles is 1. The van der Waals surface area contributed by atoms with Gasteiger partial charge >= 0.3 is 0 Å². The van der Waals surface area contributed by atoms with E-state index in [-0.39, 0.29) is 18.4 Å². The molecule has 4 rings (SSSR count). The number of para-hydroxylation sites is 1. The van der Waals surface area contributed by atoms with Crippen LogP contribution in [0.3, 0.4) is 0 Å². The number of carbonyl (C=O) groups excluding carboxylic acids is 2. The molecule has 6 heteroatoms. The highest BCUT2D eigenvalue weighted by Gasteiger charge is 2.29. The van der Waals surface area contributed by atoms with E-state index in [0.717, 1.165) is 16.8 Å². The van der Waals surface area contributed by atoms with Crippen LogP contribution in [0.15, 0.2) is 72.8 Å².